The zero-order valence-corrected chi connectivity index (χ0v) is 13.9. The van der Waals surface area contributed by atoms with Crippen molar-refractivity contribution in [3.63, 3.8) is 0 Å². The highest BCUT2D eigenvalue weighted by molar-refractivity contribution is 7.87. The SMILES string of the molecule is CC1CCCN(S(=O)(=O)NC23CC4CC(CC(C4)C2)C3)C1. The van der Waals surface area contributed by atoms with Gasteiger partial charge in [0.1, 0.15) is 0 Å². The molecule has 5 rings (SSSR count). The molecule has 0 aromatic carbocycles. The molecule has 4 bridgehead atoms. The van der Waals surface area contributed by atoms with Crippen molar-refractivity contribution in [2.75, 3.05) is 13.1 Å². The number of hydrogen-bond donors (Lipinski definition) is 1. The van der Waals surface area contributed by atoms with Gasteiger partial charge in [-0.25, -0.2) is 0 Å². The minimum Gasteiger partial charge on any atom is -0.196 e. The fraction of sp³-hybridized carbons (Fsp3) is 1.00. The zero-order valence-electron chi connectivity index (χ0n) is 13.1. The van der Waals surface area contributed by atoms with Crippen LogP contribution in [-0.2, 0) is 10.2 Å². The van der Waals surface area contributed by atoms with E-state index in [1.165, 1.54) is 19.3 Å². The van der Waals surface area contributed by atoms with Crippen LogP contribution in [0.4, 0.5) is 0 Å². The molecule has 0 amide bonds. The van der Waals surface area contributed by atoms with Crippen molar-refractivity contribution in [1.82, 2.24) is 9.03 Å². The van der Waals surface area contributed by atoms with Gasteiger partial charge in [-0.2, -0.15) is 17.4 Å². The molecule has 1 atom stereocenters. The number of piperidine rings is 1. The van der Waals surface area contributed by atoms with Crippen molar-refractivity contribution in [2.45, 2.75) is 63.8 Å². The lowest BCUT2D eigenvalue weighted by Crippen LogP contribution is -2.62. The van der Waals surface area contributed by atoms with Crippen LogP contribution in [0.25, 0.3) is 0 Å². The van der Waals surface area contributed by atoms with E-state index in [0.29, 0.717) is 19.0 Å². The minimum atomic E-state index is -3.30. The Balaban J connectivity index is 1.52. The lowest BCUT2D eigenvalue weighted by Gasteiger charge is -2.57. The molecule has 120 valence electrons. The zero-order chi connectivity index (χ0) is 14.7. The molecule has 5 heteroatoms. The molecular formula is C16H28N2O2S. The molecule has 0 aromatic heterocycles. The lowest BCUT2D eigenvalue weighted by molar-refractivity contribution is -0.00900. The first kappa shape index (κ1) is 14.5. The van der Waals surface area contributed by atoms with Gasteiger partial charge in [0.15, 0.2) is 0 Å². The van der Waals surface area contributed by atoms with Gasteiger partial charge < -0.3 is 0 Å². The Bertz CT molecular complexity index is 481. The molecule has 21 heavy (non-hydrogen) atoms. The summed E-state index contributed by atoms with van der Waals surface area (Å²) in [5.74, 6) is 2.82. The van der Waals surface area contributed by atoms with Crippen molar-refractivity contribution >= 4 is 10.2 Å². The summed E-state index contributed by atoms with van der Waals surface area (Å²) in [7, 11) is -3.30. The van der Waals surface area contributed by atoms with Crippen molar-refractivity contribution in [3.05, 3.63) is 0 Å². The van der Waals surface area contributed by atoms with E-state index in [9.17, 15) is 8.42 Å². The summed E-state index contributed by atoms with van der Waals surface area (Å²) in [6, 6.07) is 0. The van der Waals surface area contributed by atoms with E-state index < -0.39 is 10.2 Å². The van der Waals surface area contributed by atoms with Gasteiger partial charge in [-0.05, 0) is 75.0 Å². The summed E-state index contributed by atoms with van der Waals surface area (Å²) in [6.45, 7) is 3.56. The maximum atomic E-state index is 12.8. The number of hydrogen-bond acceptors (Lipinski definition) is 2. The summed E-state index contributed by atoms with van der Waals surface area (Å²) in [5, 5.41) is 0. The molecule has 1 saturated heterocycles. The molecule has 4 nitrogen and oxygen atoms in total. The van der Waals surface area contributed by atoms with E-state index >= 15 is 0 Å². The Morgan fingerprint density at radius 1 is 1.05 bits per heavy atom. The molecular weight excluding hydrogens is 284 g/mol. The van der Waals surface area contributed by atoms with E-state index in [1.54, 1.807) is 4.31 Å². The Morgan fingerprint density at radius 2 is 1.62 bits per heavy atom. The first-order valence-corrected chi connectivity index (χ1v) is 10.2. The normalized spacial score (nSPS) is 46.9. The second kappa shape index (κ2) is 4.93. The molecule has 0 aromatic rings. The third-order valence-electron chi connectivity index (χ3n) is 6.34. The first-order chi connectivity index (χ1) is 9.94. The van der Waals surface area contributed by atoms with Crippen molar-refractivity contribution in [1.29, 1.82) is 0 Å². The van der Waals surface area contributed by atoms with Crippen LogP contribution in [-0.4, -0.2) is 31.4 Å². The van der Waals surface area contributed by atoms with Gasteiger partial charge in [0.05, 0.1) is 0 Å². The van der Waals surface area contributed by atoms with Gasteiger partial charge >= 0.3 is 0 Å². The molecule has 1 unspecified atom stereocenters. The smallest absolute Gasteiger partial charge is 0.196 e. The Labute approximate surface area is 128 Å². The van der Waals surface area contributed by atoms with Gasteiger partial charge in [0.25, 0.3) is 10.2 Å². The lowest BCUT2D eigenvalue weighted by atomic mass is 9.53. The predicted molar refractivity (Wildman–Crippen MR) is 82.9 cm³/mol. The quantitative estimate of drug-likeness (QED) is 0.870. The van der Waals surface area contributed by atoms with Crippen LogP contribution in [0, 0.1) is 23.7 Å². The molecule has 5 fully saturated rings. The molecule has 4 aliphatic carbocycles. The third-order valence-corrected chi connectivity index (χ3v) is 8.05. The number of rotatable bonds is 3. The highest BCUT2D eigenvalue weighted by Gasteiger charge is 2.52. The van der Waals surface area contributed by atoms with Crippen LogP contribution in [0.5, 0.6) is 0 Å². The van der Waals surface area contributed by atoms with Crippen molar-refractivity contribution in [2.24, 2.45) is 23.7 Å². The Hall–Kier alpha value is -0.130. The van der Waals surface area contributed by atoms with E-state index in [0.717, 1.165) is 49.9 Å². The third kappa shape index (κ3) is 2.66. The second-order valence-electron chi connectivity index (χ2n) is 8.41. The summed E-state index contributed by atoms with van der Waals surface area (Å²) < 4.78 is 30.6. The first-order valence-electron chi connectivity index (χ1n) is 8.73. The van der Waals surface area contributed by atoms with Crippen molar-refractivity contribution < 1.29 is 8.42 Å². The second-order valence-corrected chi connectivity index (χ2v) is 10.1. The summed E-state index contributed by atoms with van der Waals surface area (Å²) in [5.41, 5.74) is -0.103. The maximum absolute atomic E-state index is 12.8. The van der Waals surface area contributed by atoms with Gasteiger partial charge in [-0.1, -0.05) is 6.92 Å². The van der Waals surface area contributed by atoms with Crippen LogP contribution in [0.15, 0.2) is 0 Å². The van der Waals surface area contributed by atoms with E-state index in [-0.39, 0.29) is 5.54 Å². The van der Waals surface area contributed by atoms with Crippen LogP contribution < -0.4 is 4.72 Å². The molecule has 0 spiro atoms. The maximum Gasteiger partial charge on any atom is 0.279 e. The van der Waals surface area contributed by atoms with Gasteiger partial charge in [0, 0.05) is 18.6 Å². The fourth-order valence-corrected chi connectivity index (χ4v) is 7.68. The molecule has 5 aliphatic rings. The van der Waals surface area contributed by atoms with Gasteiger partial charge in [-0.3, -0.25) is 0 Å². The average Bonchev–Trinajstić information content (AvgIpc) is 2.35. The Kier molecular flexibility index (Phi) is 3.40. The van der Waals surface area contributed by atoms with Crippen molar-refractivity contribution in [3.8, 4) is 0 Å². The summed E-state index contributed by atoms with van der Waals surface area (Å²) in [4.78, 5) is 0. The van der Waals surface area contributed by atoms with Gasteiger partial charge in [-0.15, -0.1) is 0 Å². The van der Waals surface area contributed by atoms with Crippen LogP contribution in [0.2, 0.25) is 0 Å². The number of nitrogens with one attached hydrogen (secondary N) is 1. The Morgan fingerprint density at radius 3 is 2.14 bits per heavy atom. The summed E-state index contributed by atoms with van der Waals surface area (Å²) in [6.07, 6.45) is 9.46. The van der Waals surface area contributed by atoms with E-state index in [1.807, 2.05) is 0 Å². The van der Waals surface area contributed by atoms with E-state index in [4.69, 9.17) is 0 Å². The van der Waals surface area contributed by atoms with Gasteiger partial charge in [0.2, 0.25) is 0 Å². The monoisotopic (exact) mass is 312 g/mol. The van der Waals surface area contributed by atoms with Crippen LogP contribution >= 0.6 is 0 Å². The molecule has 0 radical (unpaired) electrons. The topological polar surface area (TPSA) is 49.4 Å². The average molecular weight is 312 g/mol. The standard InChI is InChI=1S/C16H28N2O2S/c1-12-3-2-4-18(11-12)21(19,20)17-16-8-13-5-14(9-16)7-15(6-13)10-16/h12-15,17H,2-11H2,1H3. The highest BCUT2D eigenvalue weighted by Crippen LogP contribution is 2.55. The minimum absolute atomic E-state index is 0.103. The molecule has 1 heterocycles. The molecule has 4 saturated carbocycles. The van der Waals surface area contributed by atoms with E-state index in [2.05, 4.69) is 11.6 Å². The number of nitrogens with zero attached hydrogens (tertiary/aromatic N) is 1. The highest BCUT2D eigenvalue weighted by atomic mass is 32.2. The fourth-order valence-electron chi connectivity index (χ4n) is 5.94. The van der Waals surface area contributed by atoms with Crippen LogP contribution in [0.1, 0.15) is 58.3 Å². The molecule has 1 aliphatic heterocycles. The van der Waals surface area contributed by atoms with Crippen LogP contribution in [0.3, 0.4) is 0 Å². The largest absolute Gasteiger partial charge is 0.279 e. The molecule has 1 N–H and O–H groups in total. The predicted octanol–water partition coefficient (Wildman–Crippen LogP) is 2.52. The summed E-state index contributed by atoms with van der Waals surface area (Å²) >= 11 is 0.